The number of alkyl halides is 4. The standard InChI is InChI=1S/C18H23Cl2NO2.C4H9Cl2N.ClH/c19-7-10-21(11-8-20)9-1-2-12-23-18-6-4-15-3-5-17(22)13-16(15)14-18;5-1-3-7-4-2-6;/h3-6,14H,1-2,7-13H2;7H,1-4H2;1H. The van der Waals surface area contributed by atoms with Crippen molar-refractivity contribution in [3.05, 3.63) is 35.4 Å². The third-order valence-electron chi connectivity index (χ3n) is 4.41. The van der Waals surface area contributed by atoms with Crippen LogP contribution < -0.4 is 10.1 Å². The molecule has 1 aliphatic rings. The van der Waals surface area contributed by atoms with Crippen molar-refractivity contribution in [1.82, 2.24) is 10.2 Å². The number of rotatable bonds is 14. The Bertz CT molecular complexity index is 622. The monoisotopic (exact) mass is 532 g/mol. The van der Waals surface area contributed by atoms with E-state index in [4.69, 9.17) is 51.1 Å². The molecule has 0 saturated heterocycles. The molecule has 9 heteroatoms. The van der Waals surface area contributed by atoms with Gasteiger partial charge in [-0.3, -0.25) is 4.79 Å². The van der Waals surface area contributed by atoms with Gasteiger partial charge in [0.25, 0.3) is 0 Å². The minimum atomic E-state index is 0. The Morgan fingerprint density at radius 2 is 1.58 bits per heavy atom. The number of fused-ring (bicyclic) bond motifs is 1. The van der Waals surface area contributed by atoms with Crippen molar-refractivity contribution in [3.63, 3.8) is 0 Å². The molecule has 2 rings (SSSR count). The molecule has 0 heterocycles. The maximum absolute atomic E-state index is 11.5. The van der Waals surface area contributed by atoms with Gasteiger partial charge in [0.2, 0.25) is 0 Å². The topological polar surface area (TPSA) is 41.6 Å². The van der Waals surface area contributed by atoms with Gasteiger partial charge in [0.15, 0.2) is 5.78 Å². The highest BCUT2D eigenvalue weighted by molar-refractivity contribution is 6.18. The molecule has 1 N–H and O–H groups in total. The lowest BCUT2D eigenvalue weighted by atomic mass is 9.96. The number of allylic oxidation sites excluding steroid dienone is 1. The average molecular weight is 535 g/mol. The summed E-state index contributed by atoms with van der Waals surface area (Å²) in [5.41, 5.74) is 2.15. The summed E-state index contributed by atoms with van der Waals surface area (Å²) < 4.78 is 5.80. The maximum atomic E-state index is 11.5. The summed E-state index contributed by atoms with van der Waals surface area (Å²) in [6.45, 7) is 5.13. The first-order chi connectivity index (χ1) is 14.6. The smallest absolute Gasteiger partial charge is 0.160 e. The molecular formula is C22H33Cl5N2O2. The first kappa shape index (κ1) is 30.8. The Hall–Kier alpha value is -0.200. The van der Waals surface area contributed by atoms with E-state index >= 15 is 0 Å². The third-order valence-corrected chi connectivity index (χ3v) is 5.13. The van der Waals surface area contributed by atoms with Crippen LogP contribution in [0.1, 0.15) is 24.0 Å². The summed E-state index contributed by atoms with van der Waals surface area (Å²) in [6.07, 6.45) is 6.01. The first-order valence-electron chi connectivity index (χ1n) is 10.3. The highest BCUT2D eigenvalue weighted by Gasteiger charge is 2.11. The van der Waals surface area contributed by atoms with Gasteiger partial charge in [0, 0.05) is 56.1 Å². The summed E-state index contributed by atoms with van der Waals surface area (Å²) in [7, 11) is 0. The van der Waals surface area contributed by atoms with Gasteiger partial charge < -0.3 is 15.0 Å². The second-order valence-corrected chi connectivity index (χ2v) is 8.25. The normalized spacial score (nSPS) is 12.1. The molecule has 0 unspecified atom stereocenters. The van der Waals surface area contributed by atoms with Crippen LogP contribution in [0.4, 0.5) is 0 Å². The van der Waals surface area contributed by atoms with Crippen LogP contribution in [0.5, 0.6) is 5.75 Å². The van der Waals surface area contributed by atoms with Gasteiger partial charge in [0.05, 0.1) is 6.61 Å². The minimum absolute atomic E-state index is 0. The van der Waals surface area contributed by atoms with Crippen LogP contribution >= 0.6 is 58.8 Å². The molecule has 0 amide bonds. The van der Waals surface area contributed by atoms with E-state index in [-0.39, 0.29) is 18.2 Å². The van der Waals surface area contributed by atoms with E-state index in [2.05, 4.69) is 10.2 Å². The van der Waals surface area contributed by atoms with Crippen molar-refractivity contribution in [2.45, 2.75) is 19.3 Å². The number of benzene rings is 1. The highest BCUT2D eigenvalue weighted by atomic mass is 35.5. The molecule has 31 heavy (non-hydrogen) atoms. The summed E-state index contributed by atoms with van der Waals surface area (Å²) >= 11 is 22.2. The van der Waals surface area contributed by atoms with E-state index in [1.807, 2.05) is 24.3 Å². The summed E-state index contributed by atoms with van der Waals surface area (Å²) in [4.78, 5) is 13.7. The SMILES string of the molecule is Cl.ClCCNCCCl.O=C1C=Cc2ccc(OCCCCN(CCCl)CCCl)cc2C1. The Balaban J connectivity index is 0.000000975. The van der Waals surface area contributed by atoms with E-state index in [1.165, 1.54) is 0 Å². The molecule has 0 saturated carbocycles. The molecule has 1 aromatic carbocycles. The van der Waals surface area contributed by atoms with Crippen molar-refractivity contribution in [1.29, 1.82) is 0 Å². The molecule has 4 nitrogen and oxygen atoms in total. The van der Waals surface area contributed by atoms with Gasteiger partial charge in [0.1, 0.15) is 5.75 Å². The molecule has 1 aliphatic carbocycles. The number of unbranched alkanes of at least 4 members (excludes halogenated alkanes) is 1. The highest BCUT2D eigenvalue weighted by Crippen LogP contribution is 2.23. The first-order valence-corrected chi connectivity index (χ1v) is 12.4. The van der Waals surface area contributed by atoms with Crippen molar-refractivity contribution in [2.75, 3.05) is 62.9 Å². The van der Waals surface area contributed by atoms with Crippen LogP contribution in [-0.2, 0) is 11.2 Å². The largest absolute Gasteiger partial charge is 0.494 e. The number of ketones is 1. The fourth-order valence-electron chi connectivity index (χ4n) is 2.88. The quantitative estimate of drug-likeness (QED) is 0.262. The summed E-state index contributed by atoms with van der Waals surface area (Å²) in [5.74, 6) is 3.58. The van der Waals surface area contributed by atoms with E-state index < -0.39 is 0 Å². The van der Waals surface area contributed by atoms with Crippen molar-refractivity contribution in [3.8, 4) is 5.75 Å². The minimum Gasteiger partial charge on any atom is -0.494 e. The second-order valence-electron chi connectivity index (χ2n) is 6.74. The second kappa shape index (κ2) is 20.4. The van der Waals surface area contributed by atoms with Gasteiger partial charge in [-0.05, 0) is 48.7 Å². The molecule has 0 bridgehead atoms. The number of ether oxygens (including phenoxy) is 1. The van der Waals surface area contributed by atoms with Gasteiger partial charge in [-0.2, -0.15) is 0 Å². The van der Waals surface area contributed by atoms with E-state index in [1.54, 1.807) is 6.08 Å². The Morgan fingerprint density at radius 3 is 2.19 bits per heavy atom. The molecule has 0 fully saturated rings. The van der Waals surface area contributed by atoms with Crippen LogP contribution in [0.15, 0.2) is 24.3 Å². The average Bonchev–Trinajstić information content (AvgIpc) is 2.74. The predicted molar refractivity (Wildman–Crippen MR) is 138 cm³/mol. The maximum Gasteiger partial charge on any atom is 0.160 e. The van der Waals surface area contributed by atoms with E-state index in [9.17, 15) is 4.79 Å². The van der Waals surface area contributed by atoms with Crippen LogP contribution in [0.3, 0.4) is 0 Å². The molecule has 0 spiro atoms. The molecule has 0 aliphatic heterocycles. The fraction of sp³-hybridized carbons (Fsp3) is 0.591. The van der Waals surface area contributed by atoms with Crippen molar-refractivity contribution in [2.24, 2.45) is 0 Å². The predicted octanol–water partition coefficient (Wildman–Crippen LogP) is 5.24. The Labute approximate surface area is 213 Å². The zero-order valence-electron chi connectivity index (χ0n) is 17.8. The number of hydrogen-bond donors (Lipinski definition) is 1. The number of nitrogens with zero attached hydrogens (tertiary/aromatic N) is 1. The van der Waals surface area contributed by atoms with Crippen molar-refractivity contribution >= 4 is 70.7 Å². The van der Waals surface area contributed by atoms with Gasteiger partial charge in [-0.15, -0.1) is 58.8 Å². The fourth-order valence-corrected chi connectivity index (χ4v) is 3.62. The zero-order chi connectivity index (χ0) is 22.0. The summed E-state index contributed by atoms with van der Waals surface area (Å²) in [5, 5.41) is 3.02. The lowest BCUT2D eigenvalue weighted by Crippen LogP contribution is -2.29. The third kappa shape index (κ3) is 14.5. The lowest BCUT2D eigenvalue weighted by molar-refractivity contribution is -0.114. The molecule has 178 valence electrons. The van der Waals surface area contributed by atoms with Crippen LogP contribution in [0.25, 0.3) is 6.08 Å². The molecule has 0 aromatic heterocycles. The van der Waals surface area contributed by atoms with Crippen LogP contribution in [0.2, 0.25) is 0 Å². The number of halogens is 5. The van der Waals surface area contributed by atoms with Gasteiger partial charge >= 0.3 is 0 Å². The van der Waals surface area contributed by atoms with E-state index in [0.717, 1.165) is 62.4 Å². The number of carbonyl (C=O) groups is 1. The molecular weight excluding hydrogens is 502 g/mol. The Kier molecular flexibility index (Phi) is 20.3. The zero-order valence-corrected chi connectivity index (χ0v) is 21.6. The van der Waals surface area contributed by atoms with Gasteiger partial charge in [-0.1, -0.05) is 12.1 Å². The van der Waals surface area contributed by atoms with Gasteiger partial charge in [-0.25, -0.2) is 0 Å². The number of nitrogens with one attached hydrogen (secondary N) is 1. The summed E-state index contributed by atoms with van der Waals surface area (Å²) in [6, 6.07) is 5.95. The number of hydrogen-bond acceptors (Lipinski definition) is 4. The molecule has 0 radical (unpaired) electrons. The lowest BCUT2D eigenvalue weighted by Gasteiger charge is -2.19. The molecule has 0 atom stereocenters. The van der Waals surface area contributed by atoms with Crippen LogP contribution in [-0.4, -0.2) is 73.5 Å². The van der Waals surface area contributed by atoms with Crippen LogP contribution in [0, 0.1) is 0 Å². The van der Waals surface area contributed by atoms with Crippen molar-refractivity contribution < 1.29 is 9.53 Å². The van der Waals surface area contributed by atoms with E-state index in [0.29, 0.717) is 36.5 Å². The molecule has 1 aromatic rings. The number of carbonyl (C=O) groups excluding carboxylic acids is 1. The Morgan fingerprint density at radius 1 is 0.903 bits per heavy atom.